The van der Waals surface area contributed by atoms with E-state index in [0.717, 1.165) is 31.9 Å². The van der Waals surface area contributed by atoms with Crippen LogP contribution in [0.2, 0.25) is 0 Å². The molecule has 1 spiro atoms. The molecular weight excluding hydrogens is 366 g/mol. The summed E-state index contributed by atoms with van der Waals surface area (Å²) in [6.07, 6.45) is 10.5. The molecule has 6 heteroatoms. The number of primary amides is 1. The number of pyridine rings is 1. The van der Waals surface area contributed by atoms with E-state index in [0.29, 0.717) is 29.0 Å². The molecule has 0 radical (unpaired) electrons. The minimum atomic E-state index is -0.475. The lowest BCUT2D eigenvalue weighted by molar-refractivity contribution is -0.182. The summed E-state index contributed by atoms with van der Waals surface area (Å²) >= 11 is 0. The Morgan fingerprint density at radius 1 is 1.21 bits per heavy atom. The Balaban J connectivity index is 1.38. The molecule has 2 saturated heterocycles. The van der Waals surface area contributed by atoms with Crippen LogP contribution in [-0.2, 0) is 15.1 Å². The van der Waals surface area contributed by atoms with Gasteiger partial charge in [0, 0.05) is 49.7 Å². The van der Waals surface area contributed by atoms with Gasteiger partial charge in [-0.25, -0.2) is 0 Å². The lowest BCUT2D eigenvalue weighted by Crippen LogP contribution is -2.61. The molecule has 1 amide bonds. The maximum absolute atomic E-state index is 11.7. The molecule has 2 unspecified atom stereocenters. The highest BCUT2D eigenvalue weighted by molar-refractivity contribution is 5.90. The van der Waals surface area contributed by atoms with Crippen molar-refractivity contribution in [2.75, 3.05) is 33.4 Å². The van der Waals surface area contributed by atoms with Gasteiger partial charge in [0.1, 0.15) is 11.3 Å². The Bertz CT molecular complexity index is 754. The van der Waals surface area contributed by atoms with E-state index in [4.69, 9.17) is 15.2 Å². The van der Waals surface area contributed by atoms with Crippen molar-refractivity contribution < 1.29 is 14.3 Å². The van der Waals surface area contributed by atoms with E-state index >= 15 is 0 Å². The molecule has 1 aromatic rings. The number of nitrogens with zero attached hydrogens (tertiary/aromatic N) is 2. The molecule has 5 rings (SSSR count). The SMILES string of the molecule is COC1(c2ccnc(C(N)=O)c2)C2CCCC1CN(C1CCC3(CC1)COC3)C2. The molecular formula is C23H33N3O3. The predicted octanol–water partition coefficient (Wildman–Crippen LogP) is 2.71. The molecule has 4 aliphatic rings. The standard InChI is InChI=1S/C23H33N3O3/c1-28-23(16-7-10-25-20(11-16)21(24)27)17-3-2-4-18(23)13-26(12-17)19-5-8-22(9-6-19)14-29-15-22/h7,10-11,17-19H,2-6,8-9,12-15H2,1H3,(H2,24,27). The summed E-state index contributed by atoms with van der Waals surface area (Å²) in [5.74, 6) is 0.397. The third kappa shape index (κ3) is 3.11. The maximum Gasteiger partial charge on any atom is 0.267 e. The number of likely N-dealkylation sites (tertiary alicyclic amines) is 1. The zero-order chi connectivity index (χ0) is 20.1. The first-order valence-corrected chi connectivity index (χ1v) is 11.2. The number of fused-ring (bicyclic) bond motifs is 2. The van der Waals surface area contributed by atoms with E-state index < -0.39 is 5.91 Å². The van der Waals surface area contributed by atoms with Crippen LogP contribution in [0, 0.1) is 17.3 Å². The normalized spacial score (nSPS) is 34.7. The van der Waals surface area contributed by atoms with E-state index in [2.05, 4.69) is 9.88 Å². The fraction of sp³-hybridized carbons (Fsp3) is 0.739. The van der Waals surface area contributed by atoms with Crippen LogP contribution in [0.25, 0.3) is 0 Å². The van der Waals surface area contributed by atoms with E-state index in [1.54, 1.807) is 6.20 Å². The lowest BCUT2D eigenvalue weighted by atomic mass is 9.61. The van der Waals surface area contributed by atoms with Gasteiger partial charge >= 0.3 is 0 Å². The third-order valence-electron chi connectivity index (χ3n) is 8.38. The van der Waals surface area contributed by atoms with Gasteiger partial charge in [-0.1, -0.05) is 6.42 Å². The lowest BCUT2D eigenvalue weighted by Gasteiger charge is -2.58. The molecule has 6 nitrogen and oxygen atoms in total. The van der Waals surface area contributed by atoms with Crippen molar-refractivity contribution in [3.63, 3.8) is 0 Å². The molecule has 3 heterocycles. The highest BCUT2D eigenvalue weighted by Crippen LogP contribution is 2.53. The van der Waals surface area contributed by atoms with Gasteiger partial charge in [-0.05, 0) is 56.2 Å². The van der Waals surface area contributed by atoms with E-state index in [-0.39, 0.29) is 5.60 Å². The molecule has 158 valence electrons. The number of aromatic nitrogens is 1. The van der Waals surface area contributed by atoms with Gasteiger partial charge in [0.25, 0.3) is 5.91 Å². The molecule has 2 saturated carbocycles. The molecule has 0 aromatic carbocycles. The quantitative estimate of drug-likeness (QED) is 0.842. The zero-order valence-corrected chi connectivity index (χ0v) is 17.4. The molecule has 4 fully saturated rings. The van der Waals surface area contributed by atoms with Gasteiger partial charge in [0.05, 0.1) is 13.2 Å². The van der Waals surface area contributed by atoms with Crippen molar-refractivity contribution in [1.29, 1.82) is 0 Å². The molecule has 2 atom stereocenters. The summed E-state index contributed by atoms with van der Waals surface area (Å²) in [6, 6.07) is 4.59. The van der Waals surface area contributed by atoms with Crippen LogP contribution in [0.15, 0.2) is 18.3 Å². The first-order chi connectivity index (χ1) is 14.1. The summed E-state index contributed by atoms with van der Waals surface area (Å²) in [6.45, 7) is 4.10. The third-order valence-corrected chi connectivity index (χ3v) is 8.38. The smallest absolute Gasteiger partial charge is 0.267 e. The highest BCUT2D eigenvalue weighted by atomic mass is 16.5. The molecule has 2 aliphatic carbocycles. The van der Waals surface area contributed by atoms with Crippen LogP contribution >= 0.6 is 0 Å². The highest BCUT2D eigenvalue weighted by Gasteiger charge is 2.54. The maximum atomic E-state index is 11.7. The van der Waals surface area contributed by atoms with Crippen LogP contribution < -0.4 is 5.73 Å². The average molecular weight is 400 g/mol. The van der Waals surface area contributed by atoms with Gasteiger partial charge in [-0.15, -0.1) is 0 Å². The minimum absolute atomic E-state index is 0.333. The van der Waals surface area contributed by atoms with Crippen LogP contribution in [0.1, 0.15) is 61.0 Å². The monoisotopic (exact) mass is 399 g/mol. The zero-order valence-electron chi connectivity index (χ0n) is 17.4. The Kier molecular flexibility index (Phi) is 4.92. The topological polar surface area (TPSA) is 77.7 Å². The fourth-order valence-corrected chi connectivity index (χ4v) is 6.76. The number of nitrogens with two attached hydrogens (primary N) is 1. The second-order valence-corrected chi connectivity index (χ2v) is 9.79. The van der Waals surface area contributed by atoms with Crippen molar-refractivity contribution in [2.24, 2.45) is 23.0 Å². The number of amides is 1. The average Bonchev–Trinajstić information content (AvgIpc) is 2.71. The number of methoxy groups -OCH3 is 1. The van der Waals surface area contributed by atoms with Crippen LogP contribution in [0.4, 0.5) is 0 Å². The summed E-state index contributed by atoms with van der Waals surface area (Å²) in [4.78, 5) is 18.6. The Hall–Kier alpha value is -1.50. The second kappa shape index (κ2) is 7.33. The molecule has 1 aromatic heterocycles. The number of piperidine rings is 1. The Morgan fingerprint density at radius 2 is 1.90 bits per heavy atom. The Labute approximate surface area is 173 Å². The van der Waals surface area contributed by atoms with Crippen molar-refractivity contribution in [1.82, 2.24) is 9.88 Å². The van der Waals surface area contributed by atoms with Crippen molar-refractivity contribution in [3.05, 3.63) is 29.6 Å². The summed E-state index contributed by atoms with van der Waals surface area (Å²) in [7, 11) is 1.84. The van der Waals surface area contributed by atoms with Crippen LogP contribution in [0.3, 0.4) is 0 Å². The van der Waals surface area contributed by atoms with Gasteiger partial charge in [-0.2, -0.15) is 0 Å². The van der Waals surface area contributed by atoms with Crippen LogP contribution in [0.5, 0.6) is 0 Å². The first-order valence-electron chi connectivity index (χ1n) is 11.2. The number of carbonyl (C=O) groups excluding carboxylic acids is 1. The fourth-order valence-electron chi connectivity index (χ4n) is 6.76. The molecule has 2 N–H and O–H groups in total. The van der Waals surface area contributed by atoms with Crippen molar-refractivity contribution in [2.45, 2.75) is 56.6 Å². The number of hydrogen-bond donors (Lipinski definition) is 1. The predicted molar refractivity (Wildman–Crippen MR) is 109 cm³/mol. The Morgan fingerprint density at radius 3 is 2.45 bits per heavy atom. The molecule has 2 aliphatic heterocycles. The summed E-state index contributed by atoms with van der Waals surface area (Å²) < 4.78 is 11.8. The van der Waals surface area contributed by atoms with Crippen molar-refractivity contribution >= 4 is 5.91 Å². The molecule has 2 bridgehead atoms. The van der Waals surface area contributed by atoms with Gasteiger partial charge < -0.3 is 15.2 Å². The van der Waals surface area contributed by atoms with E-state index in [9.17, 15) is 4.79 Å². The number of hydrogen-bond acceptors (Lipinski definition) is 5. The second-order valence-electron chi connectivity index (χ2n) is 9.79. The van der Waals surface area contributed by atoms with E-state index in [1.807, 2.05) is 19.2 Å². The number of ether oxygens (including phenoxy) is 2. The first kappa shape index (κ1) is 19.5. The van der Waals surface area contributed by atoms with Crippen molar-refractivity contribution in [3.8, 4) is 0 Å². The van der Waals surface area contributed by atoms with Crippen LogP contribution in [-0.4, -0.2) is 55.2 Å². The van der Waals surface area contributed by atoms with Gasteiger partial charge in [0.15, 0.2) is 0 Å². The number of carbonyl (C=O) groups is 1. The molecule has 29 heavy (non-hydrogen) atoms. The summed E-state index contributed by atoms with van der Waals surface area (Å²) in [5.41, 5.74) is 7.09. The largest absolute Gasteiger partial charge is 0.380 e. The summed E-state index contributed by atoms with van der Waals surface area (Å²) in [5, 5.41) is 0. The van der Waals surface area contributed by atoms with E-state index in [1.165, 1.54) is 44.9 Å². The minimum Gasteiger partial charge on any atom is -0.380 e. The van der Waals surface area contributed by atoms with Gasteiger partial charge in [0.2, 0.25) is 0 Å². The van der Waals surface area contributed by atoms with Gasteiger partial charge in [-0.3, -0.25) is 14.7 Å². The number of rotatable bonds is 4.